The largest absolute Gasteiger partial charge is 0.330 e. The van der Waals surface area contributed by atoms with Crippen molar-refractivity contribution >= 4 is 0 Å². The monoisotopic (exact) mass is 237 g/mol. The molecule has 0 amide bonds. The molecule has 2 N–H and O–H groups in total. The van der Waals surface area contributed by atoms with Gasteiger partial charge in [0.25, 0.3) is 0 Å². The van der Waals surface area contributed by atoms with E-state index in [2.05, 4.69) is 32.1 Å². The van der Waals surface area contributed by atoms with Crippen LogP contribution in [0.4, 0.5) is 0 Å². The molecule has 1 aromatic heterocycles. The molecular formula is C14H27N3. The Morgan fingerprint density at radius 2 is 2.12 bits per heavy atom. The second-order valence-corrected chi connectivity index (χ2v) is 5.04. The first kappa shape index (κ1) is 14.2. The van der Waals surface area contributed by atoms with Crippen LogP contribution in [0.5, 0.6) is 0 Å². The van der Waals surface area contributed by atoms with E-state index in [-0.39, 0.29) is 5.41 Å². The van der Waals surface area contributed by atoms with Crippen molar-refractivity contribution in [1.29, 1.82) is 0 Å². The van der Waals surface area contributed by atoms with E-state index in [0.29, 0.717) is 0 Å². The van der Waals surface area contributed by atoms with Crippen molar-refractivity contribution in [3.05, 3.63) is 18.0 Å². The SMILES string of the molecule is CCCCC(CC)(CN)Cc1cnn(CC)c1. The van der Waals surface area contributed by atoms with E-state index < -0.39 is 0 Å². The van der Waals surface area contributed by atoms with Gasteiger partial charge in [-0.15, -0.1) is 0 Å². The molecule has 98 valence electrons. The molecule has 17 heavy (non-hydrogen) atoms. The predicted octanol–water partition coefficient (Wildman–Crippen LogP) is 2.99. The third-order valence-corrected chi connectivity index (χ3v) is 3.83. The van der Waals surface area contributed by atoms with Crippen molar-refractivity contribution in [2.45, 2.75) is 59.4 Å². The molecule has 0 aliphatic carbocycles. The number of nitrogens with zero attached hydrogens (tertiary/aromatic N) is 2. The van der Waals surface area contributed by atoms with Crippen molar-refractivity contribution in [1.82, 2.24) is 9.78 Å². The lowest BCUT2D eigenvalue weighted by Crippen LogP contribution is -2.32. The van der Waals surface area contributed by atoms with Crippen LogP contribution in [0.1, 0.15) is 52.0 Å². The quantitative estimate of drug-likeness (QED) is 0.755. The topological polar surface area (TPSA) is 43.8 Å². The van der Waals surface area contributed by atoms with Gasteiger partial charge in [0.1, 0.15) is 0 Å². The Balaban J connectivity index is 2.70. The van der Waals surface area contributed by atoms with Crippen molar-refractivity contribution in [2.24, 2.45) is 11.1 Å². The van der Waals surface area contributed by atoms with Crippen molar-refractivity contribution in [3.63, 3.8) is 0 Å². The highest BCUT2D eigenvalue weighted by atomic mass is 15.3. The second kappa shape index (κ2) is 6.80. The number of hydrogen-bond donors (Lipinski definition) is 1. The van der Waals surface area contributed by atoms with E-state index in [1.165, 1.54) is 24.8 Å². The van der Waals surface area contributed by atoms with Gasteiger partial charge in [0, 0.05) is 12.7 Å². The summed E-state index contributed by atoms with van der Waals surface area (Å²) in [6.45, 7) is 8.33. The fraction of sp³-hybridized carbons (Fsp3) is 0.786. The van der Waals surface area contributed by atoms with Crippen LogP contribution in [0.15, 0.2) is 12.4 Å². The van der Waals surface area contributed by atoms with E-state index in [0.717, 1.165) is 25.9 Å². The van der Waals surface area contributed by atoms with Gasteiger partial charge in [0.05, 0.1) is 6.20 Å². The summed E-state index contributed by atoms with van der Waals surface area (Å²) in [7, 11) is 0. The zero-order valence-electron chi connectivity index (χ0n) is 11.6. The molecule has 0 saturated heterocycles. The summed E-state index contributed by atoms with van der Waals surface area (Å²) in [6.07, 6.45) is 10.1. The molecule has 1 atom stereocenters. The normalized spacial score (nSPS) is 14.8. The minimum atomic E-state index is 0.275. The van der Waals surface area contributed by atoms with E-state index in [1.54, 1.807) is 0 Å². The number of unbranched alkanes of at least 4 members (excludes halogenated alkanes) is 1. The first-order valence-electron chi connectivity index (χ1n) is 6.91. The van der Waals surface area contributed by atoms with Crippen LogP contribution in [0.2, 0.25) is 0 Å². The van der Waals surface area contributed by atoms with Crippen LogP contribution in [-0.4, -0.2) is 16.3 Å². The Kier molecular flexibility index (Phi) is 5.69. The molecule has 0 aliphatic rings. The van der Waals surface area contributed by atoms with Crippen molar-refractivity contribution in [3.8, 4) is 0 Å². The van der Waals surface area contributed by atoms with Gasteiger partial charge in [-0.3, -0.25) is 4.68 Å². The standard InChI is InChI=1S/C14H27N3/c1-4-7-8-14(5-2,12-15)9-13-10-16-17(6-3)11-13/h10-11H,4-9,12,15H2,1-3H3. The van der Waals surface area contributed by atoms with Crippen LogP contribution >= 0.6 is 0 Å². The van der Waals surface area contributed by atoms with Crippen molar-refractivity contribution < 1.29 is 0 Å². The lowest BCUT2D eigenvalue weighted by atomic mass is 9.76. The number of aromatic nitrogens is 2. The van der Waals surface area contributed by atoms with Gasteiger partial charge in [0.2, 0.25) is 0 Å². The second-order valence-electron chi connectivity index (χ2n) is 5.04. The molecule has 0 saturated carbocycles. The van der Waals surface area contributed by atoms with Gasteiger partial charge in [0.15, 0.2) is 0 Å². The number of nitrogens with two attached hydrogens (primary N) is 1. The average molecular weight is 237 g/mol. The molecule has 0 fully saturated rings. The maximum atomic E-state index is 6.02. The Labute approximate surface area is 105 Å². The van der Waals surface area contributed by atoms with E-state index in [1.807, 2.05) is 10.9 Å². The summed E-state index contributed by atoms with van der Waals surface area (Å²) in [5, 5.41) is 4.34. The van der Waals surface area contributed by atoms with Crippen molar-refractivity contribution in [2.75, 3.05) is 6.54 Å². The minimum Gasteiger partial charge on any atom is -0.330 e. The Morgan fingerprint density at radius 3 is 2.59 bits per heavy atom. The first-order chi connectivity index (χ1) is 8.19. The summed E-state index contributed by atoms with van der Waals surface area (Å²) in [5.41, 5.74) is 7.62. The maximum absolute atomic E-state index is 6.02. The molecule has 3 nitrogen and oxygen atoms in total. The summed E-state index contributed by atoms with van der Waals surface area (Å²) in [4.78, 5) is 0. The van der Waals surface area contributed by atoms with E-state index in [4.69, 9.17) is 5.73 Å². The predicted molar refractivity (Wildman–Crippen MR) is 72.9 cm³/mol. The maximum Gasteiger partial charge on any atom is 0.0521 e. The van der Waals surface area contributed by atoms with Gasteiger partial charge in [-0.25, -0.2) is 0 Å². The van der Waals surface area contributed by atoms with Gasteiger partial charge >= 0.3 is 0 Å². The zero-order chi connectivity index (χ0) is 12.7. The molecule has 3 heteroatoms. The highest BCUT2D eigenvalue weighted by molar-refractivity contribution is 5.08. The average Bonchev–Trinajstić information content (AvgIpc) is 2.82. The molecule has 0 radical (unpaired) electrons. The molecule has 0 aromatic carbocycles. The number of rotatable bonds is 8. The molecule has 1 heterocycles. The molecular weight excluding hydrogens is 210 g/mol. The Morgan fingerprint density at radius 1 is 1.35 bits per heavy atom. The summed E-state index contributed by atoms with van der Waals surface area (Å²) in [5.74, 6) is 0. The third kappa shape index (κ3) is 3.84. The molecule has 1 rings (SSSR count). The lowest BCUT2D eigenvalue weighted by Gasteiger charge is -2.31. The molecule has 0 aliphatic heterocycles. The minimum absolute atomic E-state index is 0.275. The van der Waals surface area contributed by atoms with Gasteiger partial charge in [-0.1, -0.05) is 26.7 Å². The molecule has 0 bridgehead atoms. The fourth-order valence-corrected chi connectivity index (χ4v) is 2.36. The smallest absolute Gasteiger partial charge is 0.0521 e. The van der Waals surface area contributed by atoms with E-state index >= 15 is 0 Å². The Bertz CT molecular complexity index is 313. The van der Waals surface area contributed by atoms with Crippen LogP contribution in [0, 0.1) is 5.41 Å². The lowest BCUT2D eigenvalue weighted by molar-refractivity contribution is 0.251. The fourth-order valence-electron chi connectivity index (χ4n) is 2.36. The van der Waals surface area contributed by atoms with Crippen LogP contribution in [-0.2, 0) is 13.0 Å². The number of aryl methyl sites for hydroxylation is 1. The van der Waals surface area contributed by atoms with Gasteiger partial charge in [-0.2, -0.15) is 5.10 Å². The van der Waals surface area contributed by atoms with Crippen LogP contribution in [0.25, 0.3) is 0 Å². The summed E-state index contributed by atoms with van der Waals surface area (Å²) >= 11 is 0. The highest BCUT2D eigenvalue weighted by Gasteiger charge is 2.26. The first-order valence-corrected chi connectivity index (χ1v) is 6.91. The Hall–Kier alpha value is -0.830. The van der Waals surface area contributed by atoms with Crippen LogP contribution in [0.3, 0.4) is 0 Å². The summed E-state index contributed by atoms with van der Waals surface area (Å²) in [6, 6.07) is 0. The van der Waals surface area contributed by atoms with Gasteiger partial charge in [-0.05, 0) is 43.7 Å². The number of hydrogen-bond acceptors (Lipinski definition) is 2. The van der Waals surface area contributed by atoms with E-state index in [9.17, 15) is 0 Å². The third-order valence-electron chi connectivity index (χ3n) is 3.83. The highest BCUT2D eigenvalue weighted by Crippen LogP contribution is 2.31. The van der Waals surface area contributed by atoms with Crippen LogP contribution < -0.4 is 5.73 Å². The molecule has 0 spiro atoms. The summed E-state index contributed by atoms with van der Waals surface area (Å²) < 4.78 is 1.99. The molecule has 1 unspecified atom stereocenters. The zero-order valence-corrected chi connectivity index (χ0v) is 11.6. The molecule has 1 aromatic rings. The van der Waals surface area contributed by atoms with Gasteiger partial charge < -0.3 is 5.73 Å².